The van der Waals surface area contributed by atoms with E-state index in [2.05, 4.69) is 5.10 Å². The van der Waals surface area contributed by atoms with Gasteiger partial charge in [-0.1, -0.05) is 29.0 Å². The summed E-state index contributed by atoms with van der Waals surface area (Å²) in [6.07, 6.45) is 4.11. The van der Waals surface area contributed by atoms with Gasteiger partial charge < -0.3 is 22.8 Å². The molecule has 18 heteroatoms. The summed E-state index contributed by atoms with van der Waals surface area (Å²) in [5, 5.41) is 5.44. The first-order valence-electron chi connectivity index (χ1n) is 15.1. The van der Waals surface area contributed by atoms with Crippen LogP contribution in [0.2, 0.25) is 0 Å². The number of benzene rings is 3. The van der Waals surface area contributed by atoms with E-state index in [4.69, 9.17) is 55.5 Å². The molecule has 3 aromatic rings. The third-order valence-corrected chi connectivity index (χ3v) is 14.9. The van der Waals surface area contributed by atoms with Gasteiger partial charge in [0, 0.05) is 41.9 Å². The number of allylic oxidation sites excluding steroid dienone is 1. The van der Waals surface area contributed by atoms with Crippen molar-refractivity contribution in [1.29, 1.82) is 0 Å². The first-order chi connectivity index (χ1) is 23.8. The standard InChI is InChI=1S/C32H43N3O9P4S2/c1-26(22-28-10-14-30(38-3)15-11-28)45(49)43-31-18-12-29(13-19-31)23-33-34(2)46(50)44-32-16-8-27(9-17-32)20-21-35(24-47(36,39-4)40-5)25-48(37,41-6)42-7/h8-19,22-23H,20-21,24-25H2,1-7H3/q+2/b26-22+,33-23+. The average molecular weight is 802 g/mol. The summed E-state index contributed by atoms with van der Waals surface area (Å²) < 4.78 is 64.7. The quantitative estimate of drug-likeness (QED) is 0.0581. The molecule has 0 aliphatic heterocycles. The molecule has 0 aliphatic carbocycles. The highest BCUT2D eigenvalue weighted by atomic mass is 32.4. The van der Waals surface area contributed by atoms with Crippen molar-refractivity contribution >= 4 is 65.1 Å². The molecule has 270 valence electrons. The van der Waals surface area contributed by atoms with Gasteiger partial charge in [0.2, 0.25) is 23.6 Å². The molecule has 2 atom stereocenters. The number of rotatable bonds is 21. The number of methoxy groups -OCH3 is 1. The zero-order valence-corrected chi connectivity index (χ0v) is 34.2. The highest BCUT2D eigenvalue weighted by Crippen LogP contribution is 2.51. The van der Waals surface area contributed by atoms with Gasteiger partial charge in [-0.2, -0.15) is 0 Å². The summed E-state index contributed by atoms with van der Waals surface area (Å²) in [4.78, 5) is 1.68. The molecule has 0 aliphatic rings. The van der Waals surface area contributed by atoms with Crippen molar-refractivity contribution in [3.63, 3.8) is 0 Å². The summed E-state index contributed by atoms with van der Waals surface area (Å²) in [5.74, 6) is 2.08. The van der Waals surface area contributed by atoms with Crippen LogP contribution in [0.1, 0.15) is 23.6 Å². The van der Waals surface area contributed by atoms with Crippen LogP contribution in [-0.4, -0.2) is 77.6 Å². The molecule has 0 saturated carbocycles. The molecule has 2 unspecified atom stereocenters. The van der Waals surface area contributed by atoms with Gasteiger partial charge in [-0.15, -0.1) is 5.10 Å². The Morgan fingerprint density at radius 2 is 1.22 bits per heavy atom. The number of ether oxygens (including phenoxy) is 1. The van der Waals surface area contributed by atoms with Gasteiger partial charge in [-0.3, -0.25) is 23.1 Å². The Labute approximate surface area is 306 Å². The summed E-state index contributed by atoms with van der Waals surface area (Å²) >= 11 is 11.2. The maximum absolute atomic E-state index is 12.8. The zero-order valence-electron chi connectivity index (χ0n) is 29.0. The van der Waals surface area contributed by atoms with Crippen molar-refractivity contribution in [1.82, 2.24) is 9.68 Å². The van der Waals surface area contributed by atoms with Crippen LogP contribution in [0.15, 0.2) is 83.2 Å². The summed E-state index contributed by atoms with van der Waals surface area (Å²) in [6, 6.07) is 22.7. The second kappa shape index (κ2) is 20.6. The van der Waals surface area contributed by atoms with Crippen LogP contribution < -0.4 is 13.8 Å². The lowest BCUT2D eigenvalue weighted by Crippen LogP contribution is -2.29. The number of nitrogens with zero attached hydrogens (tertiary/aromatic N) is 3. The van der Waals surface area contributed by atoms with Crippen LogP contribution in [0, 0.1) is 0 Å². The molecular weight excluding hydrogens is 758 g/mol. The van der Waals surface area contributed by atoms with Crippen molar-refractivity contribution in [3.05, 3.63) is 94.8 Å². The van der Waals surface area contributed by atoms with E-state index in [1.165, 1.54) is 28.4 Å². The van der Waals surface area contributed by atoms with E-state index in [0.717, 1.165) is 27.8 Å². The van der Waals surface area contributed by atoms with Gasteiger partial charge in [0.1, 0.15) is 18.3 Å². The van der Waals surface area contributed by atoms with E-state index in [9.17, 15) is 9.13 Å². The molecule has 0 spiro atoms. The second-order valence-electron chi connectivity index (χ2n) is 10.6. The van der Waals surface area contributed by atoms with E-state index in [1.54, 1.807) is 30.1 Å². The molecule has 0 fully saturated rings. The third kappa shape index (κ3) is 13.6. The van der Waals surface area contributed by atoms with Crippen molar-refractivity contribution in [3.8, 4) is 17.2 Å². The average Bonchev–Trinajstić information content (AvgIpc) is 3.14. The van der Waals surface area contributed by atoms with Crippen molar-refractivity contribution < 1.29 is 41.0 Å². The molecule has 0 bridgehead atoms. The lowest BCUT2D eigenvalue weighted by molar-refractivity contribution is 0.224. The van der Waals surface area contributed by atoms with Gasteiger partial charge >= 0.3 is 29.2 Å². The third-order valence-electron chi connectivity index (χ3n) is 7.14. The van der Waals surface area contributed by atoms with Crippen LogP contribution in [0.25, 0.3) is 6.08 Å². The Morgan fingerprint density at radius 3 is 1.74 bits per heavy atom. The maximum Gasteiger partial charge on any atom is 0.540 e. The molecule has 12 nitrogen and oxygen atoms in total. The van der Waals surface area contributed by atoms with Crippen LogP contribution in [0.3, 0.4) is 0 Å². The molecule has 0 heterocycles. The van der Waals surface area contributed by atoms with E-state index >= 15 is 0 Å². The lowest BCUT2D eigenvalue weighted by atomic mass is 10.1. The Morgan fingerprint density at radius 1 is 0.740 bits per heavy atom. The van der Waals surface area contributed by atoms with Crippen LogP contribution in [0.5, 0.6) is 17.2 Å². The molecule has 0 aromatic heterocycles. The van der Waals surface area contributed by atoms with Gasteiger partial charge in [-0.25, -0.2) is 0 Å². The summed E-state index contributed by atoms with van der Waals surface area (Å²) in [6.45, 7) is 1.13. The minimum atomic E-state index is -3.41. The van der Waals surface area contributed by atoms with Crippen LogP contribution in [0.4, 0.5) is 0 Å². The number of hydrazone groups is 1. The molecule has 0 radical (unpaired) electrons. The smallest absolute Gasteiger partial charge is 0.497 e. The molecule has 3 rings (SSSR count). The summed E-state index contributed by atoms with van der Waals surface area (Å²) in [5.41, 5.74) is 2.86. The predicted molar refractivity (Wildman–Crippen MR) is 208 cm³/mol. The monoisotopic (exact) mass is 801 g/mol. The van der Waals surface area contributed by atoms with E-state index in [0.29, 0.717) is 24.5 Å². The SMILES string of the molecule is COc1ccc(/C=C(\C)[P+](=S)Oc2ccc(/C=N/N(C)[P+](=S)Oc3ccc(CCN(CP(=O)(OC)OC)CP(=O)(OC)OC)cc3)cc2)cc1. The van der Waals surface area contributed by atoms with Gasteiger partial charge in [0.25, 0.3) is 0 Å². The highest BCUT2D eigenvalue weighted by Gasteiger charge is 2.31. The Kier molecular flexibility index (Phi) is 17.3. The predicted octanol–water partition coefficient (Wildman–Crippen LogP) is 8.84. The van der Waals surface area contributed by atoms with Gasteiger partial charge in [0.15, 0.2) is 16.8 Å². The molecule has 0 amide bonds. The Bertz CT molecular complexity index is 1680. The van der Waals surface area contributed by atoms with Crippen molar-refractivity contribution in [2.24, 2.45) is 5.10 Å². The Balaban J connectivity index is 1.52. The second-order valence-corrected chi connectivity index (χ2v) is 19.6. The maximum atomic E-state index is 12.8. The van der Waals surface area contributed by atoms with Gasteiger partial charge in [0.05, 0.1) is 20.4 Å². The molecule has 3 aromatic carbocycles. The van der Waals surface area contributed by atoms with E-state index < -0.39 is 29.2 Å². The zero-order chi connectivity index (χ0) is 36.7. The largest absolute Gasteiger partial charge is 0.540 e. The van der Waals surface area contributed by atoms with Crippen LogP contribution in [-0.2, 0) is 57.3 Å². The fraction of sp³-hybridized carbons (Fsp3) is 0.344. The lowest BCUT2D eigenvalue weighted by Gasteiger charge is -2.27. The fourth-order valence-electron chi connectivity index (χ4n) is 4.18. The van der Waals surface area contributed by atoms with Crippen molar-refractivity contribution in [2.45, 2.75) is 13.3 Å². The fourth-order valence-corrected chi connectivity index (χ4v) is 8.63. The van der Waals surface area contributed by atoms with Crippen LogP contribution >= 0.6 is 29.2 Å². The first kappa shape index (κ1) is 42.0. The number of hydrogen-bond donors (Lipinski definition) is 0. The van der Waals surface area contributed by atoms with E-state index in [-0.39, 0.29) is 12.6 Å². The molecule has 50 heavy (non-hydrogen) atoms. The normalized spacial score (nSPS) is 13.0. The molecular formula is C32H43N3O9P4S2+2. The van der Waals surface area contributed by atoms with E-state index in [1.807, 2.05) is 85.8 Å². The minimum absolute atomic E-state index is 0.0813. The minimum Gasteiger partial charge on any atom is -0.497 e. The highest BCUT2D eigenvalue weighted by molar-refractivity contribution is 8.05. The first-order valence-corrected chi connectivity index (χ1v) is 23.0. The van der Waals surface area contributed by atoms with Crippen molar-refractivity contribution in [2.75, 3.05) is 61.7 Å². The number of hydrogen-bond acceptors (Lipinski definition) is 13. The molecule has 0 N–H and O–H groups in total. The summed E-state index contributed by atoms with van der Waals surface area (Å²) in [7, 11) is 0.315. The Hall–Kier alpha value is -2.43. The van der Waals surface area contributed by atoms with Gasteiger partial charge in [-0.05, 0) is 77.7 Å². The molecule has 0 saturated heterocycles. The topological polar surface area (TPSA) is 118 Å².